The third-order valence-electron chi connectivity index (χ3n) is 8.51. The van der Waals surface area contributed by atoms with Crippen LogP contribution < -0.4 is 24.6 Å². The summed E-state index contributed by atoms with van der Waals surface area (Å²) in [6.45, 7) is 8.00. The second-order valence-electron chi connectivity index (χ2n) is 11.7. The Morgan fingerprint density at radius 3 is 2.33 bits per heavy atom. The Labute approximate surface area is 270 Å². The Morgan fingerprint density at radius 2 is 1.61 bits per heavy atom. The van der Waals surface area contributed by atoms with E-state index in [1.54, 1.807) is 30.2 Å². The number of anilines is 2. The summed E-state index contributed by atoms with van der Waals surface area (Å²) in [5.74, 6) is 1.44. The van der Waals surface area contributed by atoms with Gasteiger partial charge in [-0.1, -0.05) is 54.1 Å². The van der Waals surface area contributed by atoms with Crippen molar-refractivity contribution in [2.24, 2.45) is 0 Å². The third-order valence-corrected chi connectivity index (χ3v) is 8.51. The predicted molar refractivity (Wildman–Crippen MR) is 182 cm³/mol. The highest BCUT2D eigenvalue weighted by Gasteiger charge is 2.30. The molecule has 46 heavy (non-hydrogen) atoms. The van der Waals surface area contributed by atoms with Crippen LogP contribution in [-0.4, -0.2) is 63.1 Å². The zero-order chi connectivity index (χ0) is 31.9. The van der Waals surface area contributed by atoms with Crippen LogP contribution in [0.3, 0.4) is 0 Å². The van der Waals surface area contributed by atoms with E-state index in [1.807, 2.05) is 79.7 Å². The molecule has 0 atom stereocenters. The first-order valence-electron chi connectivity index (χ1n) is 15.8. The average molecular weight is 617 g/mol. The SMILES string of the molecule is COc1ccc(N2CCN(CCCNC(=O)c3ccc(C=C4Oc5ccccc5N(Cc5ccc(C)cc5)C4=O)cc3)CC2)cc1. The lowest BCUT2D eigenvalue weighted by molar-refractivity contribution is -0.117. The number of methoxy groups -OCH3 is 1. The molecule has 2 aliphatic rings. The summed E-state index contributed by atoms with van der Waals surface area (Å²) in [5, 5.41) is 3.05. The van der Waals surface area contributed by atoms with E-state index in [1.165, 1.54) is 11.3 Å². The first-order chi connectivity index (χ1) is 22.5. The summed E-state index contributed by atoms with van der Waals surface area (Å²) < 4.78 is 11.3. The molecule has 8 heteroatoms. The fourth-order valence-corrected chi connectivity index (χ4v) is 5.81. The molecule has 8 nitrogen and oxygen atoms in total. The number of ether oxygens (including phenoxy) is 2. The summed E-state index contributed by atoms with van der Waals surface area (Å²) in [7, 11) is 1.68. The molecule has 0 saturated carbocycles. The van der Waals surface area contributed by atoms with Gasteiger partial charge in [0.25, 0.3) is 11.8 Å². The molecule has 6 rings (SSSR count). The molecule has 236 valence electrons. The van der Waals surface area contributed by atoms with Crippen LogP contribution in [0.1, 0.15) is 33.5 Å². The molecule has 0 spiro atoms. The van der Waals surface area contributed by atoms with Gasteiger partial charge >= 0.3 is 0 Å². The zero-order valence-corrected chi connectivity index (χ0v) is 26.4. The number of hydrogen-bond donors (Lipinski definition) is 1. The largest absolute Gasteiger partial charge is 0.497 e. The molecule has 2 heterocycles. The van der Waals surface area contributed by atoms with Crippen LogP contribution in [-0.2, 0) is 11.3 Å². The van der Waals surface area contributed by atoms with Crippen LogP contribution in [0.25, 0.3) is 6.08 Å². The fourth-order valence-electron chi connectivity index (χ4n) is 5.81. The minimum Gasteiger partial charge on any atom is -0.497 e. The quantitative estimate of drug-likeness (QED) is 0.176. The standard InChI is InChI=1S/C38H40N4O4/c1-28-8-10-30(11-9-28)27-42-34-6-3-4-7-35(34)46-36(38(42)44)26-29-12-14-31(15-13-29)37(43)39-20-5-21-40-22-24-41(25-23-40)32-16-18-33(45-2)19-17-32/h3-4,6-19,26H,5,20-25,27H2,1-2H3,(H,39,43). The molecule has 1 N–H and O–H groups in total. The number of para-hydroxylation sites is 2. The van der Waals surface area contributed by atoms with Gasteiger partial charge in [0.2, 0.25) is 0 Å². The maximum atomic E-state index is 13.6. The van der Waals surface area contributed by atoms with Crippen molar-refractivity contribution in [1.82, 2.24) is 10.2 Å². The number of nitrogens with zero attached hydrogens (tertiary/aromatic N) is 3. The summed E-state index contributed by atoms with van der Waals surface area (Å²) in [6.07, 6.45) is 2.62. The van der Waals surface area contributed by atoms with E-state index in [0.717, 1.165) is 61.7 Å². The first-order valence-corrected chi connectivity index (χ1v) is 15.8. The van der Waals surface area contributed by atoms with Crippen molar-refractivity contribution < 1.29 is 19.1 Å². The monoisotopic (exact) mass is 616 g/mol. The van der Waals surface area contributed by atoms with Gasteiger partial charge in [-0.3, -0.25) is 19.4 Å². The van der Waals surface area contributed by atoms with Crippen LogP contribution >= 0.6 is 0 Å². The number of amides is 2. The van der Waals surface area contributed by atoms with Gasteiger partial charge in [0.1, 0.15) is 5.75 Å². The van der Waals surface area contributed by atoms with E-state index in [4.69, 9.17) is 9.47 Å². The molecule has 0 aliphatic carbocycles. The Kier molecular flexibility index (Phi) is 9.65. The van der Waals surface area contributed by atoms with Crippen molar-refractivity contribution in [1.29, 1.82) is 0 Å². The number of fused-ring (bicyclic) bond motifs is 1. The van der Waals surface area contributed by atoms with E-state index in [2.05, 4.69) is 27.2 Å². The number of hydrogen-bond acceptors (Lipinski definition) is 6. The number of piperazine rings is 1. The van der Waals surface area contributed by atoms with Gasteiger partial charge in [0.05, 0.1) is 19.3 Å². The highest BCUT2D eigenvalue weighted by Crippen LogP contribution is 2.36. The van der Waals surface area contributed by atoms with E-state index in [-0.39, 0.29) is 17.6 Å². The van der Waals surface area contributed by atoms with Crippen molar-refractivity contribution in [3.63, 3.8) is 0 Å². The van der Waals surface area contributed by atoms with Crippen molar-refractivity contribution >= 4 is 29.3 Å². The smallest absolute Gasteiger partial charge is 0.294 e. The van der Waals surface area contributed by atoms with Crippen LogP contribution in [0.2, 0.25) is 0 Å². The van der Waals surface area contributed by atoms with Gasteiger partial charge in [-0.15, -0.1) is 0 Å². The van der Waals surface area contributed by atoms with E-state index in [0.29, 0.717) is 24.4 Å². The molecule has 0 bridgehead atoms. The molecule has 2 amide bonds. The second kappa shape index (κ2) is 14.3. The normalized spacial score (nSPS) is 15.8. The molecule has 0 unspecified atom stereocenters. The lowest BCUT2D eigenvalue weighted by Gasteiger charge is -2.36. The Balaban J connectivity index is 0.994. The lowest BCUT2D eigenvalue weighted by Crippen LogP contribution is -2.47. The van der Waals surface area contributed by atoms with Crippen molar-refractivity contribution in [3.05, 3.63) is 125 Å². The average Bonchev–Trinajstić information content (AvgIpc) is 3.10. The molecule has 4 aromatic carbocycles. The van der Waals surface area contributed by atoms with Gasteiger partial charge in [-0.2, -0.15) is 0 Å². The lowest BCUT2D eigenvalue weighted by atomic mass is 10.1. The first kappa shape index (κ1) is 30.9. The fraction of sp³-hybridized carbons (Fsp3) is 0.263. The van der Waals surface area contributed by atoms with Crippen LogP contribution in [0, 0.1) is 6.92 Å². The number of nitrogens with one attached hydrogen (secondary N) is 1. The molecule has 0 radical (unpaired) electrons. The highest BCUT2D eigenvalue weighted by molar-refractivity contribution is 6.09. The number of carbonyl (C=O) groups excluding carboxylic acids is 2. The van der Waals surface area contributed by atoms with Gasteiger partial charge in [0.15, 0.2) is 11.5 Å². The second-order valence-corrected chi connectivity index (χ2v) is 11.7. The van der Waals surface area contributed by atoms with Gasteiger partial charge in [0, 0.05) is 44.0 Å². The van der Waals surface area contributed by atoms with E-state index >= 15 is 0 Å². The Bertz CT molecular complexity index is 1680. The summed E-state index contributed by atoms with van der Waals surface area (Å²) >= 11 is 0. The molecule has 1 fully saturated rings. The van der Waals surface area contributed by atoms with Gasteiger partial charge < -0.3 is 19.7 Å². The molecule has 0 aromatic heterocycles. The number of aryl methyl sites for hydroxylation is 1. The van der Waals surface area contributed by atoms with Crippen LogP contribution in [0.5, 0.6) is 11.5 Å². The Morgan fingerprint density at radius 1 is 0.891 bits per heavy atom. The number of benzene rings is 4. The molecular weight excluding hydrogens is 576 g/mol. The van der Waals surface area contributed by atoms with Crippen molar-refractivity contribution in [3.8, 4) is 11.5 Å². The summed E-state index contributed by atoms with van der Waals surface area (Å²) in [5.41, 5.74) is 5.54. The highest BCUT2D eigenvalue weighted by atomic mass is 16.5. The summed E-state index contributed by atoms with van der Waals surface area (Å²) in [6, 6.07) is 31.2. The zero-order valence-electron chi connectivity index (χ0n) is 26.4. The molecule has 1 saturated heterocycles. The Hall–Kier alpha value is -5.08. The molecular formula is C38H40N4O4. The third kappa shape index (κ3) is 7.41. The predicted octanol–water partition coefficient (Wildman–Crippen LogP) is 5.91. The maximum Gasteiger partial charge on any atom is 0.294 e. The van der Waals surface area contributed by atoms with Gasteiger partial charge in [-0.05, 0) is 85.6 Å². The minimum absolute atomic E-state index is 0.105. The minimum atomic E-state index is -0.205. The van der Waals surface area contributed by atoms with Crippen molar-refractivity contribution in [2.75, 3.05) is 56.2 Å². The summed E-state index contributed by atoms with van der Waals surface area (Å²) in [4.78, 5) is 33.0. The maximum absolute atomic E-state index is 13.6. The van der Waals surface area contributed by atoms with Crippen LogP contribution in [0.15, 0.2) is 103 Å². The van der Waals surface area contributed by atoms with Gasteiger partial charge in [-0.25, -0.2) is 0 Å². The topological polar surface area (TPSA) is 74.4 Å². The van der Waals surface area contributed by atoms with E-state index < -0.39 is 0 Å². The number of carbonyl (C=O) groups is 2. The van der Waals surface area contributed by atoms with Crippen molar-refractivity contribution in [2.45, 2.75) is 19.9 Å². The number of rotatable bonds is 10. The van der Waals surface area contributed by atoms with Crippen LogP contribution in [0.4, 0.5) is 11.4 Å². The van der Waals surface area contributed by atoms with E-state index in [9.17, 15) is 9.59 Å². The molecule has 2 aliphatic heterocycles. The molecule has 4 aromatic rings.